The van der Waals surface area contributed by atoms with E-state index in [9.17, 15) is 19.1 Å². The fourth-order valence-electron chi connectivity index (χ4n) is 4.07. The molecular formula is C26H31FN2O3. The van der Waals surface area contributed by atoms with E-state index in [1.165, 1.54) is 24.3 Å². The molecule has 0 aromatic heterocycles. The number of rotatable bonds is 8. The first kappa shape index (κ1) is 23.7. The zero-order valence-corrected chi connectivity index (χ0v) is 19.1. The lowest BCUT2D eigenvalue weighted by Crippen LogP contribution is -2.38. The summed E-state index contributed by atoms with van der Waals surface area (Å²) in [5, 5.41) is 11.0. The molecule has 6 heteroatoms. The third kappa shape index (κ3) is 4.75. The van der Waals surface area contributed by atoms with Crippen molar-refractivity contribution in [1.29, 1.82) is 0 Å². The van der Waals surface area contributed by atoms with Gasteiger partial charge in [-0.15, -0.1) is 0 Å². The van der Waals surface area contributed by atoms with Crippen LogP contribution >= 0.6 is 0 Å². The van der Waals surface area contributed by atoms with Crippen molar-refractivity contribution in [3.63, 3.8) is 0 Å². The number of aliphatic hydroxyl groups excluding tert-OH is 1. The molecule has 1 aliphatic rings. The van der Waals surface area contributed by atoms with Crippen LogP contribution in [0.3, 0.4) is 0 Å². The Kier molecular flexibility index (Phi) is 7.46. The number of halogens is 1. The maximum Gasteiger partial charge on any atom is 0.295 e. The first-order chi connectivity index (χ1) is 15.3. The summed E-state index contributed by atoms with van der Waals surface area (Å²) in [6, 6.07) is 12.4. The van der Waals surface area contributed by atoms with E-state index >= 15 is 0 Å². The van der Waals surface area contributed by atoms with Crippen molar-refractivity contribution in [2.75, 3.05) is 26.2 Å². The Morgan fingerprint density at radius 2 is 1.62 bits per heavy atom. The average Bonchev–Trinajstić information content (AvgIpc) is 3.04. The maximum atomic E-state index is 13.4. The molecule has 0 spiro atoms. The van der Waals surface area contributed by atoms with E-state index in [0.717, 1.165) is 24.2 Å². The summed E-state index contributed by atoms with van der Waals surface area (Å²) in [7, 11) is 0. The maximum absolute atomic E-state index is 13.4. The third-order valence-electron chi connectivity index (χ3n) is 6.13. The normalized spacial score (nSPS) is 18.2. The molecule has 0 aliphatic carbocycles. The number of likely N-dealkylation sites (N-methyl/N-ethyl adjacent to an activating group) is 1. The standard InChI is InChI=1S/C26H31FN2O3/c1-5-28(6-2)15-16-29-23(19-9-7-18(8-10-19)17(3)4)22(25(31)26(29)32)24(30)20-11-13-21(27)14-12-20/h7-14,17,23,30H,5-6,15-16H2,1-4H3/t23-/m1/s1. The van der Waals surface area contributed by atoms with Crippen LogP contribution in [-0.4, -0.2) is 52.8 Å². The second-order valence-electron chi connectivity index (χ2n) is 8.35. The monoisotopic (exact) mass is 438 g/mol. The number of likely N-dealkylation sites (tertiary alicyclic amines) is 1. The molecule has 2 aromatic carbocycles. The van der Waals surface area contributed by atoms with Crippen molar-refractivity contribution in [2.24, 2.45) is 0 Å². The Labute approximate surface area is 189 Å². The number of hydrogen-bond donors (Lipinski definition) is 1. The highest BCUT2D eigenvalue weighted by Crippen LogP contribution is 2.39. The molecule has 0 unspecified atom stereocenters. The highest BCUT2D eigenvalue weighted by molar-refractivity contribution is 6.46. The van der Waals surface area contributed by atoms with Crippen LogP contribution in [0.15, 0.2) is 54.1 Å². The molecular weight excluding hydrogens is 407 g/mol. The molecule has 0 bridgehead atoms. The number of carbonyl (C=O) groups is 2. The Balaban J connectivity index is 2.09. The molecule has 1 amide bonds. The van der Waals surface area contributed by atoms with Gasteiger partial charge in [-0.3, -0.25) is 9.59 Å². The number of aliphatic hydroxyl groups is 1. The SMILES string of the molecule is CCN(CC)CCN1C(=O)C(=O)C(=C(O)c2ccc(F)cc2)[C@H]1c1ccc(C(C)C)cc1. The van der Waals surface area contributed by atoms with Crippen LogP contribution < -0.4 is 0 Å². The van der Waals surface area contributed by atoms with E-state index in [-0.39, 0.29) is 11.3 Å². The van der Waals surface area contributed by atoms with E-state index in [4.69, 9.17) is 0 Å². The highest BCUT2D eigenvalue weighted by Gasteiger charge is 2.45. The largest absolute Gasteiger partial charge is 0.507 e. The van der Waals surface area contributed by atoms with E-state index < -0.39 is 23.5 Å². The second-order valence-corrected chi connectivity index (χ2v) is 8.35. The van der Waals surface area contributed by atoms with E-state index in [0.29, 0.717) is 24.6 Å². The lowest BCUT2D eigenvalue weighted by atomic mass is 9.93. The number of carbonyl (C=O) groups excluding carboxylic acids is 2. The molecule has 3 rings (SSSR count). The topological polar surface area (TPSA) is 60.9 Å². The number of Topliss-reactive ketones (excluding diaryl/α,β-unsaturated/α-hetero) is 1. The average molecular weight is 439 g/mol. The van der Waals surface area contributed by atoms with Gasteiger partial charge in [0.2, 0.25) is 0 Å². The number of benzene rings is 2. The molecule has 1 fully saturated rings. The van der Waals surface area contributed by atoms with Gasteiger partial charge in [0, 0.05) is 18.7 Å². The van der Waals surface area contributed by atoms with Crippen molar-refractivity contribution in [2.45, 2.75) is 39.7 Å². The Morgan fingerprint density at radius 1 is 1.03 bits per heavy atom. The first-order valence-corrected chi connectivity index (χ1v) is 11.1. The van der Waals surface area contributed by atoms with Gasteiger partial charge in [0.15, 0.2) is 0 Å². The van der Waals surface area contributed by atoms with Gasteiger partial charge in [0.25, 0.3) is 11.7 Å². The van der Waals surface area contributed by atoms with Crippen LogP contribution in [0.2, 0.25) is 0 Å². The van der Waals surface area contributed by atoms with Crippen molar-refractivity contribution in [3.05, 3.63) is 76.6 Å². The van der Waals surface area contributed by atoms with Gasteiger partial charge in [-0.1, -0.05) is 52.0 Å². The van der Waals surface area contributed by atoms with Crippen molar-refractivity contribution in [1.82, 2.24) is 9.80 Å². The summed E-state index contributed by atoms with van der Waals surface area (Å²) < 4.78 is 13.4. The second kappa shape index (κ2) is 10.1. The van der Waals surface area contributed by atoms with Crippen molar-refractivity contribution in [3.8, 4) is 0 Å². The molecule has 32 heavy (non-hydrogen) atoms. The Morgan fingerprint density at radius 3 is 2.16 bits per heavy atom. The predicted octanol–water partition coefficient (Wildman–Crippen LogP) is 4.71. The molecule has 170 valence electrons. The predicted molar refractivity (Wildman–Crippen MR) is 124 cm³/mol. The molecule has 1 N–H and O–H groups in total. The summed E-state index contributed by atoms with van der Waals surface area (Å²) in [5.41, 5.74) is 2.25. The number of ketones is 1. The minimum absolute atomic E-state index is 0.0402. The van der Waals surface area contributed by atoms with Gasteiger partial charge < -0.3 is 14.9 Å². The summed E-state index contributed by atoms with van der Waals surface area (Å²) in [6.07, 6.45) is 0. The highest BCUT2D eigenvalue weighted by atomic mass is 19.1. The lowest BCUT2D eigenvalue weighted by Gasteiger charge is -2.28. The molecule has 5 nitrogen and oxygen atoms in total. The van der Waals surface area contributed by atoms with Crippen molar-refractivity contribution >= 4 is 17.4 Å². The van der Waals surface area contributed by atoms with E-state index in [2.05, 4.69) is 18.7 Å². The molecule has 1 aliphatic heterocycles. The van der Waals surface area contributed by atoms with Crippen LogP contribution in [0.25, 0.3) is 5.76 Å². The van der Waals surface area contributed by atoms with Crippen LogP contribution in [0.1, 0.15) is 56.3 Å². The van der Waals surface area contributed by atoms with Gasteiger partial charge in [-0.25, -0.2) is 4.39 Å². The van der Waals surface area contributed by atoms with Gasteiger partial charge >= 0.3 is 0 Å². The Hall–Kier alpha value is -2.99. The van der Waals surface area contributed by atoms with Crippen LogP contribution in [-0.2, 0) is 9.59 Å². The third-order valence-corrected chi connectivity index (χ3v) is 6.13. The molecule has 0 radical (unpaired) electrons. The Bertz CT molecular complexity index is 993. The summed E-state index contributed by atoms with van der Waals surface area (Å²) in [5.74, 6) is -1.73. The molecule has 1 heterocycles. The smallest absolute Gasteiger partial charge is 0.295 e. The fraction of sp³-hybridized carbons (Fsp3) is 0.385. The molecule has 1 saturated heterocycles. The number of nitrogens with zero attached hydrogens (tertiary/aromatic N) is 2. The van der Waals surface area contributed by atoms with Crippen LogP contribution in [0.4, 0.5) is 4.39 Å². The number of amides is 1. The lowest BCUT2D eigenvalue weighted by molar-refractivity contribution is -0.140. The van der Waals surface area contributed by atoms with E-state index in [1.54, 1.807) is 4.90 Å². The molecule has 1 atom stereocenters. The van der Waals surface area contributed by atoms with Crippen LogP contribution in [0.5, 0.6) is 0 Å². The molecule has 2 aromatic rings. The van der Waals surface area contributed by atoms with Gasteiger partial charge in [0.05, 0.1) is 11.6 Å². The summed E-state index contributed by atoms with van der Waals surface area (Å²) in [4.78, 5) is 29.8. The minimum atomic E-state index is -0.718. The quantitative estimate of drug-likeness (QED) is 0.368. The van der Waals surface area contributed by atoms with Gasteiger partial charge in [-0.05, 0) is 54.4 Å². The summed E-state index contributed by atoms with van der Waals surface area (Å²) >= 11 is 0. The zero-order valence-electron chi connectivity index (χ0n) is 19.1. The minimum Gasteiger partial charge on any atom is -0.507 e. The molecule has 0 saturated carbocycles. The summed E-state index contributed by atoms with van der Waals surface area (Å²) in [6.45, 7) is 11.0. The van der Waals surface area contributed by atoms with Gasteiger partial charge in [-0.2, -0.15) is 0 Å². The van der Waals surface area contributed by atoms with Gasteiger partial charge in [0.1, 0.15) is 11.6 Å². The zero-order chi connectivity index (χ0) is 23.4. The van der Waals surface area contributed by atoms with Crippen molar-refractivity contribution < 1.29 is 19.1 Å². The van der Waals surface area contributed by atoms with Crippen LogP contribution in [0, 0.1) is 5.82 Å². The fourth-order valence-corrected chi connectivity index (χ4v) is 4.07. The first-order valence-electron chi connectivity index (χ1n) is 11.1. The number of hydrogen-bond acceptors (Lipinski definition) is 4. The van der Waals surface area contributed by atoms with E-state index in [1.807, 2.05) is 38.1 Å².